The average molecular weight is 364 g/mol. The molecule has 1 atom stereocenters. The van der Waals surface area contributed by atoms with Crippen molar-refractivity contribution in [2.75, 3.05) is 11.9 Å². The molecule has 0 saturated heterocycles. The number of ether oxygens (including phenoxy) is 1. The van der Waals surface area contributed by atoms with E-state index in [0.717, 1.165) is 21.0 Å². The van der Waals surface area contributed by atoms with Gasteiger partial charge in [-0.05, 0) is 26.8 Å². The third-order valence-corrected chi connectivity index (χ3v) is 4.64. The minimum absolute atomic E-state index is 0.329. The largest absolute Gasteiger partial charge is 0.411 e. The van der Waals surface area contributed by atoms with Gasteiger partial charge in [0.1, 0.15) is 12.7 Å². The van der Waals surface area contributed by atoms with Crippen molar-refractivity contribution >= 4 is 33.7 Å². The molecule has 1 N–H and O–H groups in total. The maximum absolute atomic E-state index is 12.1. The molecule has 0 aromatic carbocycles. The molecule has 2 rings (SSSR count). The molecule has 1 unspecified atom stereocenters. The lowest BCUT2D eigenvalue weighted by atomic mass is 10.2. The van der Waals surface area contributed by atoms with Gasteiger partial charge in [0, 0.05) is 20.7 Å². The first-order valence-corrected chi connectivity index (χ1v) is 8.37. The fourth-order valence-corrected chi connectivity index (χ4v) is 3.49. The van der Waals surface area contributed by atoms with Crippen LogP contribution in [0.15, 0.2) is 11.4 Å². The molecule has 2 heterocycles. The summed E-state index contributed by atoms with van der Waals surface area (Å²) in [5.74, 6) is -0.659. The van der Waals surface area contributed by atoms with E-state index in [1.807, 2.05) is 19.9 Å². The smallest absolute Gasteiger partial charge is 0.359 e. The number of thiazole rings is 1. The SMILES string of the molecule is Cc1cc(-c2csc(NC(=O)C(C)OCC(F)(F)F)n2)c(C)s1. The van der Waals surface area contributed by atoms with Crippen LogP contribution in [0.25, 0.3) is 11.3 Å². The number of halogens is 3. The lowest BCUT2D eigenvalue weighted by molar-refractivity contribution is -0.184. The first kappa shape index (κ1) is 17.9. The Hall–Kier alpha value is -1.45. The molecule has 0 spiro atoms. The standard InChI is InChI=1S/C14H15F3N2O2S2/c1-7-4-10(9(3)23-7)11-5-22-13(18-11)19-12(20)8(2)21-6-14(15,16)17/h4-5,8H,6H2,1-3H3,(H,18,19,20). The van der Waals surface area contributed by atoms with Gasteiger partial charge in [-0.15, -0.1) is 22.7 Å². The van der Waals surface area contributed by atoms with E-state index in [1.54, 1.807) is 16.7 Å². The van der Waals surface area contributed by atoms with Gasteiger partial charge in [-0.2, -0.15) is 13.2 Å². The van der Waals surface area contributed by atoms with Crippen LogP contribution in [-0.4, -0.2) is 29.8 Å². The van der Waals surface area contributed by atoms with Gasteiger partial charge in [-0.1, -0.05) is 0 Å². The zero-order chi connectivity index (χ0) is 17.2. The minimum Gasteiger partial charge on any atom is -0.359 e. The Morgan fingerprint density at radius 1 is 1.43 bits per heavy atom. The molecule has 0 aliphatic heterocycles. The number of hydrogen-bond donors (Lipinski definition) is 1. The molecule has 23 heavy (non-hydrogen) atoms. The molecule has 0 saturated carbocycles. The van der Waals surface area contributed by atoms with Gasteiger partial charge < -0.3 is 4.74 Å². The van der Waals surface area contributed by atoms with Crippen molar-refractivity contribution in [2.24, 2.45) is 0 Å². The Morgan fingerprint density at radius 2 is 2.13 bits per heavy atom. The molecule has 0 aliphatic carbocycles. The van der Waals surface area contributed by atoms with E-state index >= 15 is 0 Å². The second-order valence-corrected chi connectivity index (χ2v) is 7.24. The molecule has 9 heteroatoms. The number of carbonyl (C=O) groups is 1. The number of carbonyl (C=O) groups excluding carboxylic acids is 1. The number of amides is 1. The Bertz CT molecular complexity index is 694. The predicted molar refractivity (Wildman–Crippen MR) is 85.0 cm³/mol. The third kappa shape index (κ3) is 5.02. The van der Waals surface area contributed by atoms with Gasteiger partial charge in [0.2, 0.25) is 0 Å². The summed E-state index contributed by atoms with van der Waals surface area (Å²) in [5, 5.41) is 4.60. The van der Waals surface area contributed by atoms with E-state index in [4.69, 9.17) is 0 Å². The molecule has 1 amide bonds. The summed E-state index contributed by atoms with van der Waals surface area (Å²) in [7, 11) is 0. The zero-order valence-electron chi connectivity index (χ0n) is 12.7. The minimum atomic E-state index is -4.46. The Balaban J connectivity index is 1.99. The molecule has 126 valence electrons. The fourth-order valence-electron chi connectivity index (χ4n) is 1.84. The van der Waals surface area contributed by atoms with Crippen LogP contribution in [0.5, 0.6) is 0 Å². The highest BCUT2D eigenvalue weighted by atomic mass is 32.1. The zero-order valence-corrected chi connectivity index (χ0v) is 14.3. The van der Waals surface area contributed by atoms with Crippen molar-refractivity contribution in [3.63, 3.8) is 0 Å². The summed E-state index contributed by atoms with van der Waals surface area (Å²) in [6.07, 6.45) is -5.67. The van der Waals surface area contributed by atoms with Gasteiger partial charge in [0.25, 0.3) is 5.91 Å². The summed E-state index contributed by atoms with van der Waals surface area (Å²) in [5.41, 5.74) is 1.72. The van der Waals surface area contributed by atoms with Crippen molar-refractivity contribution in [1.82, 2.24) is 4.98 Å². The first-order chi connectivity index (χ1) is 10.7. The van der Waals surface area contributed by atoms with Crippen LogP contribution >= 0.6 is 22.7 Å². The van der Waals surface area contributed by atoms with E-state index in [0.29, 0.717) is 5.13 Å². The van der Waals surface area contributed by atoms with Crippen LogP contribution in [-0.2, 0) is 9.53 Å². The van der Waals surface area contributed by atoms with Crippen molar-refractivity contribution < 1.29 is 22.7 Å². The number of rotatable bonds is 5. The lowest BCUT2D eigenvalue weighted by Gasteiger charge is -2.13. The van der Waals surface area contributed by atoms with E-state index in [9.17, 15) is 18.0 Å². The molecule has 0 aliphatic rings. The number of aryl methyl sites for hydroxylation is 2. The number of alkyl halides is 3. The van der Waals surface area contributed by atoms with E-state index in [-0.39, 0.29) is 0 Å². The van der Waals surface area contributed by atoms with Gasteiger partial charge >= 0.3 is 6.18 Å². The molecular weight excluding hydrogens is 349 g/mol. The maximum atomic E-state index is 12.1. The second-order valence-electron chi connectivity index (χ2n) is 4.92. The average Bonchev–Trinajstić information content (AvgIpc) is 3.01. The molecule has 2 aromatic heterocycles. The van der Waals surface area contributed by atoms with Crippen LogP contribution in [0.1, 0.15) is 16.7 Å². The normalized spacial score (nSPS) is 13.1. The molecular formula is C14H15F3N2O2S2. The van der Waals surface area contributed by atoms with E-state index in [2.05, 4.69) is 15.0 Å². The first-order valence-electron chi connectivity index (χ1n) is 6.68. The van der Waals surface area contributed by atoms with E-state index in [1.165, 1.54) is 18.3 Å². The molecule has 2 aromatic rings. The van der Waals surface area contributed by atoms with Crippen molar-refractivity contribution in [3.8, 4) is 11.3 Å². The second kappa shape index (κ2) is 6.98. The summed E-state index contributed by atoms with van der Waals surface area (Å²) in [6, 6.07) is 2.01. The maximum Gasteiger partial charge on any atom is 0.411 e. The summed E-state index contributed by atoms with van der Waals surface area (Å²) in [6.45, 7) is 3.79. The monoisotopic (exact) mass is 364 g/mol. The number of hydrogen-bond acceptors (Lipinski definition) is 5. The van der Waals surface area contributed by atoms with Gasteiger partial charge in [0.15, 0.2) is 5.13 Å². The van der Waals surface area contributed by atoms with Crippen molar-refractivity contribution in [3.05, 3.63) is 21.2 Å². The van der Waals surface area contributed by atoms with Gasteiger partial charge in [0.05, 0.1) is 5.69 Å². The summed E-state index contributed by atoms with van der Waals surface area (Å²) < 4.78 is 40.7. The number of anilines is 1. The summed E-state index contributed by atoms with van der Waals surface area (Å²) >= 11 is 2.87. The Kier molecular flexibility index (Phi) is 5.43. The third-order valence-electron chi connectivity index (χ3n) is 2.92. The quantitative estimate of drug-likeness (QED) is 0.856. The number of thiophene rings is 1. The highest BCUT2D eigenvalue weighted by Gasteiger charge is 2.30. The van der Waals surface area contributed by atoms with Crippen molar-refractivity contribution in [2.45, 2.75) is 33.1 Å². The lowest BCUT2D eigenvalue weighted by Crippen LogP contribution is -2.31. The predicted octanol–water partition coefficient (Wildman–Crippen LogP) is 4.39. The molecule has 0 fully saturated rings. The molecule has 4 nitrogen and oxygen atoms in total. The fraction of sp³-hybridized carbons (Fsp3) is 0.429. The number of nitrogens with zero attached hydrogens (tertiary/aromatic N) is 1. The van der Waals surface area contributed by atoms with Gasteiger partial charge in [-0.25, -0.2) is 4.98 Å². The highest BCUT2D eigenvalue weighted by Crippen LogP contribution is 2.32. The molecule has 0 bridgehead atoms. The van der Waals surface area contributed by atoms with Crippen LogP contribution in [0.3, 0.4) is 0 Å². The van der Waals surface area contributed by atoms with Crippen LogP contribution in [0.4, 0.5) is 18.3 Å². The van der Waals surface area contributed by atoms with Crippen LogP contribution < -0.4 is 5.32 Å². The van der Waals surface area contributed by atoms with Crippen LogP contribution in [0, 0.1) is 13.8 Å². The Morgan fingerprint density at radius 3 is 2.70 bits per heavy atom. The van der Waals surface area contributed by atoms with Crippen molar-refractivity contribution in [1.29, 1.82) is 0 Å². The van der Waals surface area contributed by atoms with Gasteiger partial charge in [-0.3, -0.25) is 10.1 Å². The van der Waals surface area contributed by atoms with Crippen LogP contribution in [0.2, 0.25) is 0 Å². The van der Waals surface area contributed by atoms with E-state index < -0.39 is 24.8 Å². The summed E-state index contributed by atoms with van der Waals surface area (Å²) in [4.78, 5) is 18.4. The topological polar surface area (TPSA) is 51.2 Å². The number of aromatic nitrogens is 1. The Labute approximate surface area is 139 Å². The highest BCUT2D eigenvalue weighted by molar-refractivity contribution is 7.14. The number of nitrogens with one attached hydrogen (secondary N) is 1. The molecule has 0 radical (unpaired) electrons.